The normalized spacial score (nSPS) is 12.0. The number of thiazole rings is 1. The van der Waals surface area contributed by atoms with Gasteiger partial charge >= 0.3 is 0 Å². The summed E-state index contributed by atoms with van der Waals surface area (Å²) in [7, 11) is 0. The highest BCUT2D eigenvalue weighted by Crippen LogP contribution is 2.25. The molecule has 0 aliphatic carbocycles. The van der Waals surface area contributed by atoms with E-state index in [1.165, 1.54) is 17.5 Å². The Morgan fingerprint density at radius 2 is 1.93 bits per heavy atom. The highest BCUT2D eigenvalue weighted by Gasteiger charge is 2.19. The molecule has 0 unspecified atom stereocenters. The Bertz CT molecular complexity index is 1050. The fourth-order valence-corrected chi connectivity index (χ4v) is 3.77. The molecule has 1 amide bonds. The van der Waals surface area contributed by atoms with E-state index in [9.17, 15) is 9.59 Å². The maximum absolute atomic E-state index is 12.7. The van der Waals surface area contributed by atoms with Gasteiger partial charge in [0.25, 0.3) is 5.91 Å². The average molecular weight is 376 g/mol. The van der Waals surface area contributed by atoms with Gasteiger partial charge in [-0.25, -0.2) is 9.97 Å². The Kier molecular flexibility index (Phi) is 4.76. The third-order valence-corrected chi connectivity index (χ3v) is 5.17. The van der Waals surface area contributed by atoms with Gasteiger partial charge in [0.05, 0.1) is 22.5 Å². The van der Waals surface area contributed by atoms with Crippen molar-refractivity contribution in [1.82, 2.24) is 19.9 Å². The van der Waals surface area contributed by atoms with E-state index >= 15 is 0 Å². The molecule has 1 atom stereocenters. The number of fused-ring (bicyclic) bond motifs is 1. The zero-order chi connectivity index (χ0) is 18.6. The number of rotatable bonds is 6. The van der Waals surface area contributed by atoms with E-state index in [2.05, 4.69) is 15.3 Å². The molecule has 2 aromatic heterocycles. The molecule has 0 saturated heterocycles. The second kappa shape index (κ2) is 7.51. The molecule has 4 rings (SSSR count). The number of carbonyl (C=O) groups is 2. The first-order chi connectivity index (χ1) is 13.2. The van der Waals surface area contributed by atoms with Crippen molar-refractivity contribution in [3.8, 4) is 5.13 Å². The van der Waals surface area contributed by atoms with E-state index < -0.39 is 6.04 Å². The van der Waals surface area contributed by atoms with Gasteiger partial charge in [0, 0.05) is 0 Å². The number of imidazole rings is 1. The zero-order valence-electron chi connectivity index (χ0n) is 14.3. The molecule has 0 spiro atoms. The van der Waals surface area contributed by atoms with Crippen LogP contribution in [0.15, 0.2) is 67.1 Å². The lowest BCUT2D eigenvalue weighted by atomic mass is 10.1. The van der Waals surface area contributed by atoms with Crippen LogP contribution in [0.25, 0.3) is 15.3 Å². The number of aldehydes is 1. The third-order valence-electron chi connectivity index (χ3n) is 4.14. The van der Waals surface area contributed by atoms with E-state index in [1.807, 2.05) is 54.6 Å². The van der Waals surface area contributed by atoms with Gasteiger partial charge in [-0.3, -0.25) is 9.36 Å². The minimum Gasteiger partial charge on any atom is -0.341 e. The van der Waals surface area contributed by atoms with Crippen LogP contribution in [-0.4, -0.2) is 32.8 Å². The molecule has 134 valence electrons. The molecular weight excluding hydrogens is 360 g/mol. The lowest BCUT2D eigenvalue weighted by Crippen LogP contribution is -2.38. The Morgan fingerprint density at radius 3 is 2.70 bits per heavy atom. The van der Waals surface area contributed by atoms with Gasteiger partial charge in [-0.15, -0.1) is 0 Å². The number of benzene rings is 2. The van der Waals surface area contributed by atoms with Crippen molar-refractivity contribution in [3.05, 3.63) is 78.4 Å². The van der Waals surface area contributed by atoms with Crippen LogP contribution in [0.5, 0.6) is 0 Å². The van der Waals surface area contributed by atoms with Gasteiger partial charge in [-0.05, 0) is 24.1 Å². The number of para-hydroxylation sites is 1. The standard InChI is InChI=1S/C20H16N4O2S/c25-12-15(10-14-6-2-1-3-7-14)22-19(26)17-11-21-13-24(17)20-23-16-8-4-5-9-18(16)27-20/h1-9,11-13,15H,10H2,(H,22,26)/t15-/m0/s1. The van der Waals surface area contributed by atoms with Gasteiger partial charge in [0.15, 0.2) is 5.13 Å². The van der Waals surface area contributed by atoms with Crippen LogP contribution in [0, 0.1) is 0 Å². The van der Waals surface area contributed by atoms with Crippen LogP contribution in [0.3, 0.4) is 0 Å². The van der Waals surface area contributed by atoms with Gasteiger partial charge < -0.3 is 10.1 Å². The van der Waals surface area contributed by atoms with Crippen LogP contribution < -0.4 is 5.32 Å². The van der Waals surface area contributed by atoms with Crippen molar-refractivity contribution < 1.29 is 9.59 Å². The summed E-state index contributed by atoms with van der Waals surface area (Å²) in [6.45, 7) is 0. The summed E-state index contributed by atoms with van der Waals surface area (Å²) in [6.07, 6.45) is 4.22. The maximum atomic E-state index is 12.7. The first-order valence-electron chi connectivity index (χ1n) is 8.43. The lowest BCUT2D eigenvalue weighted by molar-refractivity contribution is -0.109. The lowest BCUT2D eigenvalue weighted by Gasteiger charge is -2.13. The van der Waals surface area contributed by atoms with Crippen molar-refractivity contribution in [2.24, 2.45) is 0 Å². The van der Waals surface area contributed by atoms with Gasteiger partial charge in [0.1, 0.15) is 18.3 Å². The Balaban J connectivity index is 1.56. The molecule has 2 heterocycles. The van der Waals surface area contributed by atoms with Crippen molar-refractivity contribution in [1.29, 1.82) is 0 Å². The van der Waals surface area contributed by atoms with E-state index in [0.717, 1.165) is 22.1 Å². The quantitative estimate of drug-likeness (QED) is 0.525. The largest absolute Gasteiger partial charge is 0.341 e. The minimum absolute atomic E-state index is 0.342. The molecule has 0 aliphatic rings. The predicted molar refractivity (Wildman–Crippen MR) is 104 cm³/mol. The summed E-state index contributed by atoms with van der Waals surface area (Å²) in [4.78, 5) is 32.8. The first kappa shape index (κ1) is 17.1. The van der Waals surface area contributed by atoms with Crippen LogP contribution in [0.4, 0.5) is 0 Å². The smallest absolute Gasteiger partial charge is 0.270 e. The average Bonchev–Trinajstić information content (AvgIpc) is 3.34. The fourth-order valence-electron chi connectivity index (χ4n) is 2.82. The SMILES string of the molecule is O=C[C@H](Cc1ccccc1)NC(=O)c1cncn1-c1nc2ccccc2s1. The molecule has 2 aromatic carbocycles. The van der Waals surface area contributed by atoms with Crippen LogP contribution in [-0.2, 0) is 11.2 Å². The summed E-state index contributed by atoms with van der Waals surface area (Å²) in [5, 5.41) is 3.43. The van der Waals surface area contributed by atoms with E-state index in [1.54, 1.807) is 10.9 Å². The van der Waals surface area contributed by atoms with Crippen molar-refractivity contribution in [2.45, 2.75) is 12.5 Å². The van der Waals surface area contributed by atoms with Crippen LogP contribution in [0.2, 0.25) is 0 Å². The molecule has 0 bridgehead atoms. The summed E-state index contributed by atoms with van der Waals surface area (Å²) >= 11 is 1.48. The summed E-state index contributed by atoms with van der Waals surface area (Å²) < 4.78 is 2.67. The molecule has 4 aromatic rings. The number of hydrogen-bond acceptors (Lipinski definition) is 5. The molecule has 27 heavy (non-hydrogen) atoms. The number of hydrogen-bond donors (Lipinski definition) is 1. The topological polar surface area (TPSA) is 76.9 Å². The minimum atomic E-state index is -0.612. The third kappa shape index (κ3) is 3.63. The Morgan fingerprint density at radius 1 is 1.15 bits per heavy atom. The van der Waals surface area contributed by atoms with Crippen molar-refractivity contribution in [2.75, 3.05) is 0 Å². The molecule has 0 saturated carbocycles. The number of amides is 1. The van der Waals surface area contributed by atoms with Crippen LogP contribution >= 0.6 is 11.3 Å². The number of nitrogens with zero attached hydrogens (tertiary/aromatic N) is 3. The van der Waals surface area contributed by atoms with E-state index in [-0.39, 0.29) is 5.91 Å². The highest BCUT2D eigenvalue weighted by atomic mass is 32.1. The Hall–Kier alpha value is -3.32. The fraction of sp³-hybridized carbons (Fsp3) is 0.100. The van der Waals surface area contributed by atoms with E-state index in [4.69, 9.17) is 0 Å². The van der Waals surface area contributed by atoms with Crippen molar-refractivity contribution in [3.63, 3.8) is 0 Å². The summed E-state index contributed by atoms with van der Waals surface area (Å²) in [6, 6.07) is 16.7. The molecule has 1 N–H and O–H groups in total. The van der Waals surface area contributed by atoms with E-state index in [0.29, 0.717) is 17.2 Å². The molecular formula is C20H16N4O2S. The highest BCUT2D eigenvalue weighted by molar-refractivity contribution is 7.20. The second-order valence-electron chi connectivity index (χ2n) is 6.02. The zero-order valence-corrected chi connectivity index (χ0v) is 15.1. The maximum Gasteiger partial charge on any atom is 0.270 e. The molecule has 0 fully saturated rings. The van der Waals surface area contributed by atoms with Crippen LogP contribution in [0.1, 0.15) is 16.1 Å². The van der Waals surface area contributed by atoms with Gasteiger partial charge in [-0.2, -0.15) is 0 Å². The number of aromatic nitrogens is 3. The molecule has 6 nitrogen and oxygen atoms in total. The molecule has 7 heteroatoms. The first-order valence-corrected chi connectivity index (χ1v) is 9.24. The molecule has 0 aliphatic heterocycles. The monoisotopic (exact) mass is 376 g/mol. The summed E-state index contributed by atoms with van der Waals surface area (Å²) in [5.74, 6) is -0.361. The van der Waals surface area contributed by atoms with Crippen molar-refractivity contribution >= 4 is 33.7 Å². The Labute approximate surface area is 159 Å². The van der Waals surface area contributed by atoms with Gasteiger partial charge in [-0.1, -0.05) is 53.8 Å². The summed E-state index contributed by atoms with van der Waals surface area (Å²) in [5.41, 5.74) is 2.19. The number of nitrogens with one attached hydrogen (secondary N) is 1. The number of carbonyl (C=O) groups excluding carboxylic acids is 2. The second-order valence-corrected chi connectivity index (χ2v) is 7.03. The van der Waals surface area contributed by atoms with Gasteiger partial charge in [0.2, 0.25) is 0 Å². The molecule has 0 radical (unpaired) electrons. The predicted octanol–water partition coefficient (Wildman–Crippen LogP) is 3.02.